The Morgan fingerprint density at radius 3 is 2.65 bits per heavy atom. The van der Waals surface area contributed by atoms with E-state index in [1.165, 1.54) is 6.92 Å². The highest BCUT2D eigenvalue weighted by Gasteiger charge is 2.14. The maximum Gasteiger partial charge on any atom is 0.231 e. The lowest BCUT2D eigenvalue weighted by Gasteiger charge is -2.08. The predicted octanol–water partition coefficient (Wildman–Crippen LogP) is 3.24. The van der Waals surface area contributed by atoms with E-state index in [0.717, 1.165) is 17.1 Å². The van der Waals surface area contributed by atoms with Crippen LogP contribution < -0.4 is 20.1 Å². The molecule has 0 fully saturated rings. The summed E-state index contributed by atoms with van der Waals surface area (Å²) in [5.74, 6) is 2.54. The van der Waals surface area contributed by atoms with Crippen molar-refractivity contribution < 1.29 is 19.1 Å². The molecule has 0 bridgehead atoms. The van der Waals surface area contributed by atoms with Crippen LogP contribution >= 0.6 is 0 Å². The van der Waals surface area contributed by atoms with Gasteiger partial charge in [-0.3, -0.25) is 9.59 Å². The Morgan fingerprint density at radius 2 is 1.82 bits per heavy atom. The third-order valence-corrected chi connectivity index (χ3v) is 5.39. The highest BCUT2D eigenvalue weighted by Crippen LogP contribution is 2.32. The molecule has 0 aliphatic carbocycles. The molecule has 0 atom stereocenters. The summed E-state index contributed by atoms with van der Waals surface area (Å²) in [6.45, 7) is 2.30. The molecule has 0 unspecified atom stereocenters. The van der Waals surface area contributed by atoms with Crippen LogP contribution in [0.15, 0.2) is 54.6 Å². The third kappa shape index (κ3) is 4.65. The molecule has 1 aliphatic rings. The molecule has 0 radical (unpaired) electrons. The SMILES string of the molecule is CC(=O)c1ccc(NC(=O)CCc2nnc3ccc(NCc4ccc5c(c4)OCO5)nn23)cc1. The summed E-state index contributed by atoms with van der Waals surface area (Å²) in [5, 5.41) is 19.0. The number of carbonyl (C=O) groups excluding carboxylic acids is 2. The molecule has 1 amide bonds. The van der Waals surface area contributed by atoms with Crippen molar-refractivity contribution in [1.29, 1.82) is 0 Å². The number of hydrogen-bond donors (Lipinski definition) is 2. The topological polar surface area (TPSA) is 120 Å². The molecular weight excluding hydrogens is 436 g/mol. The Bertz CT molecular complexity index is 1370. The van der Waals surface area contributed by atoms with E-state index in [2.05, 4.69) is 25.9 Å². The number of fused-ring (bicyclic) bond motifs is 2. The van der Waals surface area contributed by atoms with E-state index in [1.807, 2.05) is 30.3 Å². The van der Waals surface area contributed by atoms with E-state index in [1.54, 1.807) is 28.8 Å². The number of anilines is 2. The Labute approximate surface area is 194 Å². The smallest absolute Gasteiger partial charge is 0.231 e. The molecule has 2 N–H and O–H groups in total. The van der Waals surface area contributed by atoms with E-state index in [-0.39, 0.29) is 24.9 Å². The van der Waals surface area contributed by atoms with Gasteiger partial charge >= 0.3 is 0 Å². The first-order chi connectivity index (χ1) is 16.5. The Balaban J connectivity index is 1.20. The molecular formula is C24H22N6O4. The lowest BCUT2D eigenvalue weighted by Crippen LogP contribution is -2.14. The molecule has 1 aliphatic heterocycles. The molecule has 3 heterocycles. The van der Waals surface area contributed by atoms with Gasteiger partial charge in [0, 0.05) is 30.6 Å². The van der Waals surface area contributed by atoms with Crippen molar-refractivity contribution in [1.82, 2.24) is 19.8 Å². The van der Waals surface area contributed by atoms with Crippen molar-refractivity contribution in [2.24, 2.45) is 0 Å². The zero-order valence-corrected chi connectivity index (χ0v) is 18.4. The molecule has 34 heavy (non-hydrogen) atoms. The standard InChI is InChI=1S/C24H22N6O4/c1-15(31)17-3-5-18(6-4-17)26-24(32)11-10-23-28-27-22-9-8-21(29-30(22)23)25-13-16-2-7-19-20(12-16)34-14-33-19/h2-9,12H,10-11,13-14H2,1H3,(H,25,29)(H,26,32). The second-order valence-electron chi connectivity index (χ2n) is 7.83. The molecule has 0 saturated carbocycles. The molecule has 0 spiro atoms. The molecule has 10 heteroatoms. The Morgan fingerprint density at radius 1 is 1.00 bits per heavy atom. The molecule has 10 nitrogen and oxygen atoms in total. The summed E-state index contributed by atoms with van der Waals surface area (Å²) in [4.78, 5) is 23.8. The minimum atomic E-state index is -0.163. The highest BCUT2D eigenvalue weighted by molar-refractivity contribution is 5.95. The van der Waals surface area contributed by atoms with Crippen molar-refractivity contribution in [2.45, 2.75) is 26.3 Å². The fourth-order valence-corrected chi connectivity index (χ4v) is 3.56. The van der Waals surface area contributed by atoms with Crippen molar-refractivity contribution in [2.75, 3.05) is 17.4 Å². The van der Waals surface area contributed by atoms with Crippen molar-refractivity contribution in [3.63, 3.8) is 0 Å². The number of benzene rings is 2. The largest absolute Gasteiger partial charge is 0.454 e. The molecule has 2 aromatic heterocycles. The van der Waals surface area contributed by atoms with E-state index >= 15 is 0 Å². The fraction of sp³-hybridized carbons (Fsp3) is 0.208. The zero-order chi connectivity index (χ0) is 23.5. The average molecular weight is 458 g/mol. The zero-order valence-electron chi connectivity index (χ0n) is 18.4. The van der Waals surface area contributed by atoms with E-state index in [9.17, 15) is 9.59 Å². The average Bonchev–Trinajstić information content (AvgIpc) is 3.48. The first-order valence-corrected chi connectivity index (χ1v) is 10.8. The molecule has 5 rings (SSSR count). The summed E-state index contributed by atoms with van der Waals surface area (Å²) in [6.07, 6.45) is 0.586. The van der Waals surface area contributed by atoms with Gasteiger partial charge in [-0.25, -0.2) is 0 Å². The number of aromatic nitrogens is 4. The summed E-state index contributed by atoms with van der Waals surface area (Å²) in [6, 6.07) is 16.2. The van der Waals surface area contributed by atoms with E-state index in [0.29, 0.717) is 41.5 Å². The van der Waals surface area contributed by atoms with Gasteiger partial charge in [0.15, 0.2) is 28.8 Å². The van der Waals surface area contributed by atoms with Gasteiger partial charge in [0.25, 0.3) is 0 Å². The van der Waals surface area contributed by atoms with Crippen LogP contribution in [0, 0.1) is 0 Å². The third-order valence-electron chi connectivity index (χ3n) is 5.39. The number of hydrogen-bond acceptors (Lipinski definition) is 8. The minimum Gasteiger partial charge on any atom is -0.454 e. The number of amides is 1. The van der Waals surface area contributed by atoms with Crippen LogP contribution in [-0.2, 0) is 17.8 Å². The summed E-state index contributed by atoms with van der Waals surface area (Å²) in [5.41, 5.74) is 2.86. The Hall–Kier alpha value is -4.47. The maximum absolute atomic E-state index is 12.4. The van der Waals surface area contributed by atoms with Gasteiger partial charge < -0.3 is 20.1 Å². The number of ketones is 1. The van der Waals surface area contributed by atoms with Crippen molar-refractivity contribution in [3.05, 3.63) is 71.5 Å². The first kappa shape index (κ1) is 21.4. The van der Waals surface area contributed by atoms with Gasteiger partial charge in [-0.05, 0) is 61.0 Å². The van der Waals surface area contributed by atoms with Crippen LogP contribution in [0.3, 0.4) is 0 Å². The van der Waals surface area contributed by atoms with Crippen LogP contribution in [0.2, 0.25) is 0 Å². The van der Waals surface area contributed by atoms with Gasteiger partial charge in [-0.1, -0.05) is 6.07 Å². The van der Waals surface area contributed by atoms with Gasteiger partial charge in [-0.15, -0.1) is 15.3 Å². The molecule has 4 aromatic rings. The van der Waals surface area contributed by atoms with Crippen molar-refractivity contribution in [3.8, 4) is 11.5 Å². The van der Waals surface area contributed by atoms with Gasteiger partial charge in [0.1, 0.15) is 5.82 Å². The first-order valence-electron chi connectivity index (χ1n) is 10.8. The molecule has 172 valence electrons. The number of aryl methyl sites for hydroxylation is 1. The number of ether oxygens (including phenoxy) is 2. The Kier molecular flexibility index (Phi) is 5.77. The lowest BCUT2D eigenvalue weighted by atomic mass is 10.1. The maximum atomic E-state index is 12.4. The second-order valence-corrected chi connectivity index (χ2v) is 7.83. The van der Waals surface area contributed by atoms with Crippen LogP contribution in [0.1, 0.15) is 35.1 Å². The molecule has 2 aromatic carbocycles. The highest BCUT2D eigenvalue weighted by atomic mass is 16.7. The van der Waals surface area contributed by atoms with Crippen molar-refractivity contribution >= 4 is 28.8 Å². The second kappa shape index (κ2) is 9.18. The van der Waals surface area contributed by atoms with E-state index in [4.69, 9.17) is 9.47 Å². The van der Waals surface area contributed by atoms with Gasteiger partial charge in [-0.2, -0.15) is 4.52 Å². The van der Waals surface area contributed by atoms with Crippen LogP contribution in [0.4, 0.5) is 11.5 Å². The van der Waals surface area contributed by atoms with Crippen LogP contribution in [0.25, 0.3) is 5.65 Å². The monoisotopic (exact) mass is 458 g/mol. The van der Waals surface area contributed by atoms with Crippen LogP contribution in [-0.4, -0.2) is 38.3 Å². The number of nitrogens with one attached hydrogen (secondary N) is 2. The van der Waals surface area contributed by atoms with E-state index < -0.39 is 0 Å². The normalized spacial score (nSPS) is 12.0. The summed E-state index contributed by atoms with van der Waals surface area (Å²) < 4.78 is 12.4. The summed E-state index contributed by atoms with van der Waals surface area (Å²) >= 11 is 0. The summed E-state index contributed by atoms with van der Waals surface area (Å²) in [7, 11) is 0. The number of Topliss-reactive ketones (excluding diaryl/α,β-unsaturated/α-hetero) is 1. The van der Waals surface area contributed by atoms with Crippen LogP contribution in [0.5, 0.6) is 11.5 Å². The molecule has 0 saturated heterocycles. The number of nitrogens with zero attached hydrogens (tertiary/aromatic N) is 4. The minimum absolute atomic E-state index is 0.0196. The van der Waals surface area contributed by atoms with Gasteiger partial charge in [0.2, 0.25) is 12.7 Å². The van der Waals surface area contributed by atoms with Gasteiger partial charge in [0.05, 0.1) is 0 Å². The quantitative estimate of drug-likeness (QED) is 0.386. The number of carbonyl (C=O) groups is 2. The number of rotatable bonds is 8. The predicted molar refractivity (Wildman–Crippen MR) is 124 cm³/mol. The lowest BCUT2D eigenvalue weighted by molar-refractivity contribution is -0.116. The fourth-order valence-electron chi connectivity index (χ4n) is 3.56.